The molecule has 0 aliphatic carbocycles. The molecule has 0 aromatic heterocycles. The minimum absolute atomic E-state index is 0.0426. The van der Waals surface area contributed by atoms with E-state index in [-0.39, 0.29) is 30.0 Å². The minimum atomic E-state index is -1.30. The van der Waals surface area contributed by atoms with Crippen molar-refractivity contribution in [3.63, 3.8) is 0 Å². The second-order valence-corrected chi connectivity index (χ2v) is 11.3. The molecule has 0 radical (unpaired) electrons. The van der Waals surface area contributed by atoms with Crippen molar-refractivity contribution in [1.82, 2.24) is 9.80 Å². The standard InChI is InChI=1S/C27H34N4O6S/c1-26(28)23(38-18-20-8-12-22(36-3)13-9-20)16-30(27(26,2)24(32)29-14-4-5-15-29)25(33)37-17-19-6-10-21(11-7-19)31(34)35/h6-13,23H,4-5,14-18,28H2,1-3H3/t23-,26+,27+/m0/s1. The average molecular weight is 543 g/mol. The minimum Gasteiger partial charge on any atom is -0.497 e. The van der Waals surface area contributed by atoms with Gasteiger partial charge in [0.15, 0.2) is 0 Å². The number of ether oxygens (including phenoxy) is 2. The first-order chi connectivity index (χ1) is 18.1. The summed E-state index contributed by atoms with van der Waals surface area (Å²) in [6.45, 7) is 5.04. The molecule has 2 N–H and O–H groups in total. The number of thioether (sulfide) groups is 1. The SMILES string of the molecule is COc1ccc(CS[C@H]2CN(C(=O)OCc3ccc([N+](=O)[O-])cc3)[C@](C)(C(=O)N3CCCC3)[C@]2(C)N)cc1. The Hall–Kier alpha value is -3.31. The second kappa shape index (κ2) is 11.2. The quantitative estimate of drug-likeness (QED) is 0.392. The van der Waals surface area contributed by atoms with E-state index in [0.29, 0.717) is 24.4 Å². The van der Waals surface area contributed by atoms with Crippen molar-refractivity contribution in [2.24, 2.45) is 5.73 Å². The van der Waals surface area contributed by atoms with Crippen LogP contribution in [-0.2, 0) is 21.9 Å². The van der Waals surface area contributed by atoms with Crippen molar-refractivity contribution in [3.8, 4) is 5.75 Å². The zero-order chi connectivity index (χ0) is 27.5. The monoisotopic (exact) mass is 542 g/mol. The highest BCUT2D eigenvalue weighted by Crippen LogP contribution is 2.45. The van der Waals surface area contributed by atoms with Crippen LogP contribution in [0.2, 0.25) is 0 Å². The normalized spacial score (nSPS) is 24.9. The van der Waals surface area contributed by atoms with Gasteiger partial charge in [-0.15, -0.1) is 11.8 Å². The molecule has 2 fully saturated rings. The molecule has 10 nitrogen and oxygen atoms in total. The first-order valence-corrected chi connectivity index (χ1v) is 13.6. The van der Waals surface area contributed by atoms with Crippen LogP contribution in [0.4, 0.5) is 10.5 Å². The number of non-ortho nitro benzene ring substituents is 1. The molecule has 2 amide bonds. The number of nitro benzene ring substituents is 1. The molecule has 38 heavy (non-hydrogen) atoms. The summed E-state index contributed by atoms with van der Waals surface area (Å²) >= 11 is 1.61. The second-order valence-electron chi connectivity index (χ2n) is 10.1. The number of rotatable bonds is 8. The summed E-state index contributed by atoms with van der Waals surface area (Å²) in [4.78, 5) is 41.0. The highest BCUT2D eigenvalue weighted by molar-refractivity contribution is 7.99. The Labute approximate surface area is 226 Å². The predicted molar refractivity (Wildman–Crippen MR) is 145 cm³/mol. The van der Waals surface area contributed by atoms with Crippen LogP contribution < -0.4 is 10.5 Å². The van der Waals surface area contributed by atoms with Gasteiger partial charge in [-0.2, -0.15) is 0 Å². The zero-order valence-corrected chi connectivity index (χ0v) is 22.7. The summed E-state index contributed by atoms with van der Waals surface area (Å²) in [5, 5.41) is 10.7. The van der Waals surface area contributed by atoms with Gasteiger partial charge in [-0.05, 0) is 62.1 Å². The van der Waals surface area contributed by atoms with Gasteiger partial charge in [0.1, 0.15) is 17.9 Å². The van der Waals surface area contributed by atoms with E-state index in [4.69, 9.17) is 15.2 Å². The Morgan fingerprint density at radius 2 is 1.68 bits per heavy atom. The number of hydrogen-bond acceptors (Lipinski definition) is 8. The number of carbonyl (C=O) groups is 2. The van der Waals surface area contributed by atoms with Crippen LogP contribution in [-0.4, -0.2) is 69.8 Å². The maximum Gasteiger partial charge on any atom is 0.411 e. The van der Waals surface area contributed by atoms with Gasteiger partial charge in [-0.25, -0.2) is 4.79 Å². The maximum absolute atomic E-state index is 13.9. The molecular weight excluding hydrogens is 508 g/mol. The molecular formula is C27H34N4O6S. The first-order valence-electron chi connectivity index (χ1n) is 12.6. The first kappa shape index (κ1) is 27.7. The molecule has 0 unspecified atom stereocenters. The highest BCUT2D eigenvalue weighted by Gasteiger charge is 2.64. The van der Waals surface area contributed by atoms with E-state index < -0.39 is 22.1 Å². The number of hydrogen-bond donors (Lipinski definition) is 1. The van der Waals surface area contributed by atoms with Crippen molar-refractivity contribution in [2.75, 3.05) is 26.7 Å². The largest absolute Gasteiger partial charge is 0.497 e. The summed E-state index contributed by atoms with van der Waals surface area (Å²) in [5.41, 5.74) is 6.27. The maximum atomic E-state index is 13.9. The number of benzene rings is 2. The van der Waals surface area contributed by atoms with Gasteiger partial charge in [0.05, 0.1) is 17.6 Å². The number of amides is 2. The molecule has 0 spiro atoms. The van der Waals surface area contributed by atoms with Crippen molar-refractivity contribution in [2.45, 2.75) is 55.4 Å². The van der Waals surface area contributed by atoms with E-state index in [2.05, 4.69) is 0 Å². The summed E-state index contributed by atoms with van der Waals surface area (Å²) in [7, 11) is 1.62. The molecule has 2 saturated heterocycles. The van der Waals surface area contributed by atoms with E-state index >= 15 is 0 Å². The van der Waals surface area contributed by atoms with Gasteiger partial charge < -0.3 is 20.1 Å². The van der Waals surface area contributed by atoms with Gasteiger partial charge >= 0.3 is 6.09 Å². The van der Waals surface area contributed by atoms with Crippen LogP contribution in [0.3, 0.4) is 0 Å². The molecule has 0 bridgehead atoms. The van der Waals surface area contributed by atoms with Crippen molar-refractivity contribution in [3.05, 3.63) is 69.8 Å². The van der Waals surface area contributed by atoms with E-state index in [1.165, 1.54) is 17.0 Å². The molecule has 2 aromatic carbocycles. The fourth-order valence-electron chi connectivity index (χ4n) is 5.05. The average Bonchev–Trinajstić information content (AvgIpc) is 3.52. The van der Waals surface area contributed by atoms with Crippen LogP contribution in [0.15, 0.2) is 48.5 Å². The molecule has 4 rings (SSSR count). The number of carbonyl (C=O) groups excluding carboxylic acids is 2. The van der Waals surface area contributed by atoms with Gasteiger partial charge in [0.25, 0.3) is 5.69 Å². The lowest BCUT2D eigenvalue weighted by atomic mass is 9.79. The van der Waals surface area contributed by atoms with Crippen LogP contribution in [0.1, 0.15) is 37.8 Å². The van der Waals surface area contributed by atoms with E-state index in [1.807, 2.05) is 31.2 Å². The summed E-state index contributed by atoms with van der Waals surface area (Å²) in [6.07, 6.45) is 1.20. The third-order valence-electron chi connectivity index (χ3n) is 7.76. The third kappa shape index (κ3) is 5.30. The lowest BCUT2D eigenvalue weighted by Gasteiger charge is -2.44. The van der Waals surface area contributed by atoms with E-state index in [9.17, 15) is 19.7 Å². The number of nitrogens with zero attached hydrogens (tertiary/aromatic N) is 3. The zero-order valence-electron chi connectivity index (χ0n) is 21.9. The number of methoxy groups -OCH3 is 1. The number of nitro groups is 1. The smallest absolute Gasteiger partial charge is 0.411 e. The van der Waals surface area contributed by atoms with Crippen molar-refractivity contribution < 1.29 is 24.0 Å². The Morgan fingerprint density at radius 3 is 2.26 bits per heavy atom. The van der Waals surface area contributed by atoms with Crippen LogP contribution in [0.5, 0.6) is 5.75 Å². The fourth-order valence-corrected chi connectivity index (χ4v) is 6.47. The lowest BCUT2D eigenvalue weighted by molar-refractivity contribution is -0.384. The van der Waals surface area contributed by atoms with E-state index in [1.54, 1.807) is 42.8 Å². The number of nitrogens with two attached hydrogens (primary N) is 1. The molecule has 2 aliphatic rings. The van der Waals surface area contributed by atoms with Gasteiger partial charge in [-0.3, -0.25) is 19.8 Å². The molecule has 11 heteroatoms. The molecule has 2 aromatic rings. The summed E-state index contributed by atoms with van der Waals surface area (Å²) < 4.78 is 10.9. The van der Waals surface area contributed by atoms with Gasteiger partial charge in [0.2, 0.25) is 5.91 Å². The van der Waals surface area contributed by atoms with Crippen molar-refractivity contribution >= 4 is 29.4 Å². The Balaban J connectivity index is 1.53. The van der Waals surface area contributed by atoms with Crippen LogP contribution in [0.25, 0.3) is 0 Å². The molecule has 2 aliphatic heterocycles. The Kier molecular flexibility index (Phi) is 8.17. The van der Waals surface area contributed by atoms with E-state index in [0.717, 1.165) is 24.2 Å². The summed E-state index contributed by atoms with van der Waals surface area (Å²) in [6, 6.07) is 13.6. The van der Waals surface area contributed by atoms with Crippen LogP contribution >= 0.6 is 11.8 Å². The molecule has 3 atom stereocenters. The van der Waals surface area contributed by atoms with Crippen LogP contribution in [0, 0.1) is 10.1 Å². The van der Waals surface area contributed by atoms with Crippen molar-refractivity contribution in [1.29, 1.82) is 0 Å². The van der Waals surface area contributed by atoms with Gasteiger partial charge in [0, 0.05) is 42.8 Å². The molecule has 2 heterocycles. The Morgan fingerprint density at radius 1 is 1.08 bits per heavy atom. The van der Waals surface area contributed by atoms with Gasteiger partial charge in [-0.1, -0.05) is 12.1 Å². The fraction of sp³-hybridized carbons (Fsp3) is 0.481. The molecule has 204 valence electrons. The predicted octanol–water partition coefficient (Wildman–Crippen LogP) is 3.96. The topological polar surface area (TPSA) is 128 Å². The third-order valence-corrected chi connectivity index (χ3v) is 9.30. The highest BCUT2D eigenvalue weighted by atomic mass is 32.2. The number of likely N-dealkylation sites (tertiary alicyclic amines) is 2. The summed E-state index contributed by atoms with van der Waals surface area (Å²) in [5.74, 6) is 1.26. The molecule has 0 saturated carbocycles. The lowest BCUT2D eigenvalue weighted by Crippen LogP contribution is -2.69. The Bertz CT molecular complexity index is 1170.